The topological polar surface area (TPSA) is 19.4 Å². The molecule has 1 saturated heterocycles. The fraction of sp³-hybridized carbons (Fsp3) is 0.583. The highest BCUT2D eigenvalue weighted by Crippen LogP contribution is 2.18. The first kappa shape index (κ1) is 12.2. The van der Waals surface area contributed by atoms with Crippen LogP contribution in [0.2, 0.25) is 0 Å². The Morgan fingerprint density at radius 1 is 1.18 bits per heavy atom. The smallest absolute Gasteiger partial charge is 0.168 e. The highest BCUT2D eigenvalue weighted by atomic mass is 19.1. The molecule has 0 atom stereocenters. The number of piperazine rings is 1. The maximum absolute atomic E-state index is 13.5. The van der Waals surface area contributed by atoms with Gasteiger partial charge in [0.05, 0.1) is 6.20 Å². The standard InChI is InChI=1S/C12H17F2N3/c1-9(2)16-3-5-17(6-4-16)12-11(14)7-10(13)8-15-12/h7-9H,3-6H2,1-2H3. The van der Waals surface area contributed by atoms with E-state index in [0.29, 0.717) is 6.04 Å². The van der Waals surface area contributed by atoms with E-state index in [9.17, 15) is 8.78 Å². The van der Waals surface area contributed by atoms with Crippen molar-refractivity contribution >= 4 is 5.82 Å². The maximum Gasteiger partial charge on any atom is 0.168 e. The van der Waals surface area contributed by atoms with Crippen molar-refractivity contribution in [3.05, 3.63) is 23.9 Å². The molecule has 0 unspecified atom stereocenters. The zero-order valence-electron chi connectivity index (χ0n) is 10.2. The first-order valence-corrected chi connectivity index (χ1v) is 5.88. The number of rotatable bonds is 2. The molecule has 3 nitrogen and oxygen atoms in total. The molecule has 1 aromatic rings. The van der Waals surface area contributed by atoms with Gasteiger partial charge in [-0.2, -0.15) is 0 Å². The Bertz CT molecular complexity index is 387. The van der Waals surface area contributed by atoms with E-state index in [1.54, 1.807) is 0 Å². The second kappa shape index (κ2) is 4.96. The second-order valence-electron chi connectivity index (χ2n) is 4.58. The molecule has 0 saturated carbocycles. The highest BCUT2D eigenvalue weighted by Gasteiger charge is 2.21. The van der Waals surface area contributed by atoms with Crippen LogP contribution < -0.4 is 4.90 Å². The SMILES string of the molecule is CC(C)N1CCN(c2ncc(F)cc2F)CC1. The first-order chi connectivity index (χ1) is 8.08. The van der Waals surface area contributed by atoms with Gasteiger partial charge in [0.15, 0.2) is 11.6 Å². The van der Waals surface area contributed by atoms with E-state index >= 15 is 0 Å². The second-order valence-corrected chi connectivity index (χ2v) is 4.58. The Kier molecular flexibility index (Phi) is 3.57. The minimum atomic E-state index is -0.632. The molecule has 0 spiro atoms. The van der Waals surface area contributed by atoms with E-state index in [1.165, 1.54) is 0 Å². The number of hydrogen-bond acceptors (Lipinski definition) is 3. The third-order valence-electron chi connectivity index (χ3n) is 3.13. The Morgan fingerprint density at radius 2 is 1.82 bits per heavy atom. The summed E-state index contributed by atoms with van der Waals surface area (Å²) in [6.45, 7) is 7.52. The maximum atomic E-state index is 13.5. The van der Waals surface area contributed by atoms with Crippen LogP contribution in [0.3, 0.4) is 0 Å². The van der Waals surface area contributed by atoms with Crippen LogP contribution in [0.25, 0.3) is 0 Å². The van der Waals surface area contributed by atoms with Crippen molar-refractivity contribution in [1.29, 1.82) is 0 Å². The number of halogens is 2. The van der Waals surface area contributed by atoms with Gasteiger partial charge in [0.25, 0.3) is 0 Å². The lowest BCUT2D eigenvalue weighted by atomic mass is 10.2. The van der Waals surface area contributed by atoms with Crippen molar-refractivity contribution < 1.29 is 8.78 Å². The predicted octanol–water partition coefficient (Wildman–Crippen LogP) is 1.89. The van der Waals surface area contributed by atoms with Crippen molar-refractivity contribution in [2.45, 2.75) is 19.9 Å². The van der Waals surface area contributed by atoms with Gasteiger partial charge < -0.3 is 4.90 Å². The predicted molar refractivity (Wildman–Crippen MR) is 63.1 cm³/mol. The van der Waals surface area contributed by atoms with E-state index in [-0.39, 0.29) is 5.82 Å². The van der Waals surface area contributed by atoms with Crippen molar-refractivity contribution in [2.75, 3.05) is 31.1 Å². The molecule has 0 bridgehead atoms. The average Bonchev–Trinajstić information content (AvgIpc) is 2.29. The molecule has 1 fully saturated rings. The van der Waals surface area contributed by atoms with Crippen LogP contribution >= 0.6 is 0 Å². The summed E-state index contributed by atoms with van der Waals surface area (Å²) in [6.07, 6.45) is 1.06. The van der Waals surface area contributed by atoms with Crippen molar-refractivity contribution in [3.8, 4) is 0 Å². The van der Waals surface area contributed by atoms with Crippen molar-refractivity contribution in [1.82, 2.24) is 9.88 Å². The number of hydrogen-bond donors (Lipinski definition) is 0. The molecule has 5 heteroatoms. The Morgan fingerprint density at radius 3 is 2.35 bits per heavy atom. The number of aromatic nitrogens is 1. The monoisotopic (exact) mass is 241 g/mol. The van der Waals surface area contributed by atoms with Gasteiger partial charge in [0.1, 0.15) is 5.82 Å². The van der Waals surface area contributed by atoms with Crippen LogP contribution in [0.5, 0.6) is 0 Å². The number of nitrogens with zero attached hydrogens (tertiary/aromatic N) is 3. The van der Waals surface area contributed by atoms with Gasteiger partial charge in [-0.1, -0.05) is 0 Å². The van der Waals surface area contributed by atoms with E-state index in [4.69, 9.17) is 0 Å². The van der Waals surface area contributed by atoms with E-state index in [2.05, 4.69) is 23.7 Å². The largest absolute Gasteiger partial charge is 0.352 e. The lowest BCUT2D eigenvalue weighted by Gasteiger charge is -2.37. The Hall–Kier alpha value is -1.23. The summed E-state index contributed by atoms with van der Waals surface area (Å²) in [7, 11) is 0. The van der Waals surface area contributed by atoms with Crippen molar-refractivity contribution in [2.24, 2.45) is 0 Å². The van der Waals surface area contributed by atoms with E-state index < -0.39 is 11.6 Å². The fourth-order valence-electron chi connectivity index (χ4n) is 2.09. The molecule has 2 heterocycles. The zero-order valence-corrected chi connectivity index (χ0v) is 10.2. The lowest BCUT2D eigenvalue weighted by Crippen LogP contribution is -2.49. The third-order valence-corrected chi connectivity index (χ3v) is 3.13. The van der Waals surface area contributed by atoms with E-state index in [0.717, 1.165) is 38.4 Å². The molecule has 0 radical (unpaired) electrons. The molecule has 94 valence electrons. The normalized spacial score (nSPS) is 17.8. The molecule has 1 aliphatic rings. The Labute approximate surface area is 100 Å². The molecule has 0 aromatic carbocycles. The summed E-state index contributed by atoms with van der Waals surface area (Å²) >= 11 is 0. The van der Waals surface area contributed by atoms with Gasteiger partial charge in [-0.3, -0.25) is 4.90 Å². The van der Waals surface area contributed by atoms with Gasteiger partial charge >= 0.3 is 0 Å². The number of anilines is 1. The summed E-state index contributed by atoms with van der Waals surface area (Å²) in [5, 5.41) is 0. The van der Waals surface area contributed by atoms with E-state index in [1.807, 2.05) is 4.90 Å². The molecular weight excluding hydrogens is 224 g/mol. The summed E-state index contributed by atoms with van der Waals surface area (Å²) < 4.78 is 26.3. The van der Waals surface area contributed by atoms with Gasteiger partial charge in [-0.25, -0.2) is 13.8 Å². The first-order valence-electron chi connectivity index (χ1n) is 5.88. The summed E-state index contributed by atoms with van der Waals surface area (Å²) in [5.41, 5.74) is 0. The average molecular weight is 241 g/mol. The van der Waals surface area contributed by atoms with Crippen LogP contribution in [0.15, 0.2) is 12.3 Å². The van der Waals surface area contributed by atoms with Gasteiger partial charge in [0, 0.05) is 38.3 Å². The van der Waals surface area contributed by atoms with Gasteiger partial charge in [-0.15, -0.1) is 0 Å². The summed E-state index contributed by atoms with van der Waals surface area (Å²) in [6, 6.07) is 1.39. The number of pyridine rings is 1. The molecule has 17 heavy (non-hydrogen) atoms. The van der Waals surface area contributed by atoms with Crippen LogP contribution in [0.4, 0.5) is 14.6 Å². The summed E-state index contributed by atoms with van der Waals surface area (Å²) in [4.78, 5) is 8.03. The van der Waals surface area contributed by atoms with Gasteiger partial charge in [-0.05, 0) is 13.8 Å². The van der Waals surface area contributed by atoms with Gasteiger partial charge in [0.2, 0.25) is 0 Å². The fourth-order valence-corrected chi connectivity index (χ4v) is 2.09. The van der Waals surface area contributed by atoms with Crippen LogP contribution in [-0.2, 0) is 0 Å². The summed E-state index contributed by atoms with van der Waals surface area (Å²) in [5.74, 6) is -0.954. The lowest BCUT2D eigenvalue weighted by molar-refractivity contribution is 0.208. The quantitative estimate of drug-likeness (QED) is 0.788. The molecule has 0 N–H and O–H groups in total. The zero-order chi connectivity index (χ0) is 12.4. The minimum absolute atomic E-state index is 0.259. The molecule has 1 aromatic heterocycles. The molecule has 1 aliphatic heterocycles. The van der Waals surface area contributed by atoms with Crippen LogP contribution in [0.1, 0.15) is 13.8 Å². The Balaban J connectivity index is 2.05. The minimum Gasteiger partial charge on any atom is -0.352 e. The molecule has 0 amide bonds. The molecule has 0 aliphatic carbocycles. The van der Waals surface area contributed by atoms with Crippen molar-refractivity contribution in [3.63, 3.8) is 0 Å². The highest BCUT2D eigenvalue weighted by molar-refractivity contribution is 5.40. The van der Waals surface area contributed by atoms with Crippen LogP contribution in [-0.4, -0.2) is 42.1 Å². The molecule has 2 rings (SSSR count). The van der Waals surface area contributed by atoms with Crippen LogP contribution in [0, 0.1) is 11.6 Å². The third kappa shape index (κ3) is 2.72. The molecular formula is C12H17F2N3.